The molecule has 0 fully saturated rings. The van der Waals surface area contributed by atoms with Crippen molar-refractivity contribution >= 4 is 0 Å². The summed E-state index contributed by atoms with van der Waals surface area (Å²) in [7, 11) is 2.16. The van der Waals surface area contributed by atoms with E-state index in [4.69, 9.17) is 0 Å². The summed E-state index contributed by atoms with van der Waals surface area (Å²) in [5.74, 6) is 0. The average Bonchev–Trinajstić information content (AvgIpc) is 2.56. The number of aromatic amines is 1. The first-order valence-corrected chi connectivity index (χ1v) is 4.87. The summed E-state index contributed by atoms with van der Waals surface area (Å²) in [5.41, 5.74) is 1.23. The molecule has 0 unspecified atom stereocenters. The van der Waals surface area contributed by atoms with Crippen molar-refractivity contribution in [3.05, 3.63) is 18.2 Å². The van der Waals surface area contributed by atoms with Gasteiger partial charge in [0.25, 0.3) is 0 Å². The summed E-state index contributed by atoms with van der Waals surface area (Å²) in [6.45, 7) is 5.59. The molecule has 3 heteroatoms. The second kappa shape index (κ2) is 5.02. The minimum atomic E-state index is 0.641. The number of rotatable bonds is 5. The monoisotopic (exact) mass is 181 g/mol. The van der Waals surface area contributed by atoms with Gasteiger partial charge in [-0.2, -0.15) is 0 Å². The number of hydrogen-bond donors (Lipinski definition) is 1. The van der Waals surface area contributed by atoms with E-state index in [1.807, 2.05) is 6.20 Å². The van der Waals surface area contributed by atoms with Crippen LogP contribution in [0.5, 0.6) is 0 Å². The Bertz CT molecular complexity index is 216. The molecule has 0 aliphatic heterocycles. The lowest BCUT2D eigenvalue weighted by atomic mass is 10.2. The molecule has 0 saturated heterocycles. The molecule has 1 rings (SSSR count). The lowest BCUT2D eigenvalue weighted by Gasteiger charge is -2.20. The predicted octanol–water partition coefficient (Wildman–Crippen LogP) is 1.68. The van der Waals surface area contributed by atoms with Gasteiger partial charge in [0.05, 0.1) is 6.33 Å². The molecule has 1 aromatic heterocycles. The first kappa shape index (κ1) is 10.3. The van der Waals surface area contributed by atoms with Crippen molar-refractivity contribution in [3.8, 4) is 0 Å². The fourth-order valence-corrected chi connectivity index (χ4v) is 1.20. The number of nitrogens with zero attached hydrogens (tertiary/aromatic N) is 2. The van der Waals surface area contributed by atoms with E-state index in [-0.39, 0.29) is 0 Å². The molecule has 74 valence electrons. The molecule has 0 aliphatic rings. The molecular weight excluding hydrogens is 162 g/mol. The van der Waals surface area contributed by atoms with Crippen molar-refractivity contribution in [2.75, 3.05) is 13.6 Å². The Kier molecular flexibility index (Phi) is 3.96. The van der Waals surface area contributed by atoms with Crippen LogP contribution in [0.4, 0.5) is 0 Å². The Balaban J connectivity index is 2.14. The molecule has 0 radical (unpaired) electrons. The van der Waals surface area contributed by atoms with Crippen molar-refractivity contribution in [2.24, 2.45) is 0 Å². The first-order valence-electron chi connectivity index (χ1n) is 4.87. The zero-order valence-electron chi connectivity index (χ0n) is 8.75. The first-order chi connectivity index (χ1) is 6.20. The van der Waals surface area contributed by atoms with Gasteiger partial charge in [0.2, 0.25) is 0 Å². The molecule has 0 bridgehead atoms. The van der Waals surface area contributed by atoms with Gasteiger partial charge in [0.1, 0.15) is 0 Å². The molecular formula is C10H19N3. The van der Waals surface area contributed by atoms with Gasteiger partial charge in [0, 0.05) is 17.9 Å². The minimum absolute atomic E-state index is 0.641. The second-order valence-corrected chi connectivity index (χ2v) is 3.75. The Morgan fingerprint density at radius 1 is 1.54 bits per heavy atom. The molecule has 1 aromatic rings. The normalized spacial score (nSPS) is 11.5. The van der Waals surface area contributed by atoms with Gasteiger partial charge in [-0.05, 0) is 40.3 Å². The van der Waals surface area contributed by atoms with Crippen LogP contribution in [0.3, 0.4) is 0 Å². The van der Waals surface area contributed by atoms with Crippen molar-refractivity contribution in [1.82, 2.24) is 14.9 Å². The van der Waals surface area contributed by atoms with Gasteiger partial charge in [-0.25, -0.2) is 4.98 Å². The van der Waals surface area contributed by atoms with E-state index in [0.29, 0.717) is 6.04 Å². The third kappa shape index (κ3) is 3.59. The van der Waals surface area contributed by atoms with Gasteiger partial charge in [-0.15, -0.1) is 0 Å². The molecule has 0 saturated carbocycles. The number of hydrogen-bond acceptors (Lipinski definition) is 2. The Hall–Kier alpha value is -0.830. The van der Waals surface area contributed by atoms with Crippen LogP contribution in [0, 0.1) is 0 Å². The summed E-state index contributed by atoms with van der Waals surface area (Å²) in [5, 5.41) is 0. The van der Waals surface area contributed by atoms with Gasteiger partial charge in [-0.1, -0.05) is 0 Å². The summed E-state index contributed by atoms with van der Waals surface area (Å²) in [4.78, 5) is 9.45. The van der Waals surface area contributed by atoms with Gasteiger partial charge in [0.15, 0.2) is 0 Å². The van der Waals surface area contributed by atoms with E-state index in [1.165, 1.54) is 12.1 Å². The lowest BCUT2D eigenvalue weighted by molar-refractivity contribution is 0.270. The third-order valence-corrected chi connectivity index (χ3v) is 2.39. The second-order valence-electron chi connectivity index (χ2n) is 3.75. The topological polar surface area (TPSA) is 31.9 Å². The Labute approximate surface area is 80.2 Å². The van der Waals surface area contributed by atoms with Crippen LogP contribution in [0.25, 0.3) is 0 Å². The van der Waals surface area contributed by atoms with E-state index in [0.717, 1.165) is 13.0 Å². The molecule has 0 aromatic carbocycles. The summed E-state index contributed by atoms with van der Waals surface area (Å²) >= 11 is 0. The molecule has 0 aliphatic carbocycles. The summed E-state index contributed by atoms with van der Waals surface area (Å²) in [6, 6.07) is 0.641. The largest absolute Gasteiger partial charge is 0.348 e. The van der Waals surface area contributed by atoms with Gasteiger partial charge >= 0.3 is 0 Å². The highest BCUT2D eigenvalue weighted by Gasteiger charge is 2.02. The standard InChI is InChI=1S/C10H19N3/c1-9(2)13(3)6-4-5-10-7-11-8-12-10/h7-9H,4-6H2,1-3H3,(H,11,12). The van der Waals surface area contributed by atoms with Crippen LogP contribution in [0.1, 0.15) is 26.0 Å². The maximum Gasteiger partial charge on any atom is 0.0921 e. The van der Waals surface area contributed by atoms with Crippen molar-refractivity contribution in [2.45, 2.75) is 32.7 Å². The van der Waals surface area contributed by atoms with E-state index in [9.17, 15) is 0 Å². The van der Waals surface area contributed by atoms with Gasteiger partial charge in [-0.3, -0.25) is 0 Å². The number of aromatic nitrogens is 2. The fraction of sp³-hybridized carbons (Fsp3) is 0.700. The lowest BCUT2D eigenvalue weighted by Crippen LogP contribution is -2.27. The van der Waals surface area contributed by atoms with Crippen molar-refractivity contribution in [3.63, 3.8) is 0 Å². The molecule has 1 heterocycles. The van der Waals surface area contributed by atoms with Crippen LogP contribution in [0.2, 0.25) is 0 Å². The van der Waals surface area contributed by atoms with Crippen LogP contribution in [-0.2, 0) is 6.42 Å². The molecule has 13 heavy (non-hydrogen) atoms. The summed E-state index contributed by atoms with van der Waals surface area (Å²) < 4.78 is 0. The van der Waals surface area contributed by atoms with E-state index in [1.54, 1.807) is 6.33 Å². The highest BCUT2D eigenvalue weighted by Crippen LogP contribution is 2.00. The predicted molar refractivity (Wildman–Crippen MR) is 54.7 cm³/mol. The minimum Gasteiger partial charge on any atom is -0.348 e. The zero-order chi connectivity index (χ0) is 9.68. The Morgan fingerprint density at radius 2 is 2.31 bits per heavy atom. The third-order valence-electron chi connectivity index (χ3n) is 2.39. The SMILES string of the molecule is CC(C)N(C)CCCc1cnc[nH]1. The van der Waals surface area contributed by atoms with Crippen LogP contribution < -0.4 is 0 Å². The van der Waals surface area contributed by atoms with Crippen LogP contribution in [0.15, 0.2) is 12.5 Å². The highest BCUT2D eigenvalue weighted by molar-refractivity contribution is 4.93. The number of H-pyrrole nitrogens is 1. The van der Waals surface area contributed by atoms with E-state index < -0.39 is 0 Å². The maximum atomic E-state index is 3.99. The van der Waals surface area contributed by atoms with E-state index in [2.05, 4.69) is 35.8 Å². The average molecular weight is 181 g/mol. The molecule has 0 amide bonds. The zero-order valence-corrected chi connectivity index (χ0v) is 8.75. The van der Waals surface area contributed by atoms with Crippen molar-refractivity contribution in [1.29, 1.82) is 0 Å². The number of nitrogens with one attached hydrogen (secondary N) is 1. The van der Waals surface area contributed by atoms with Crippen LogP contribution >= 0.6 is 0 Å². The van der Waals surface area contributed by atoms with Gasteiger partial charge < -0.3 is 9.88 Å². The summed E-state index contributed by atoms with van der Waals surface area (Å²) in [6.07, 6.45) is 5.92. The highest BCUT2D eigenvalue weighted by atomic mass is 15.1. The molecule has 0 atom stereocenters. The maximum absolute atomic E-state index is 3.99. The molecule has 0 spiro atoms. The smallest absolute Gasteiger partial charge is 0.0921 e. The quantitative estimate of drug-likeness (QED) is 0.749. The van der Waals surface area contributed by atoms with Crippen LogP contribution in [-0.4, -0.2) is 34.5 Å². The number of imidazole rings is 1. The van der Waals surface area contributed by atoms with E-state index >= 15 is 0 Å². The Morgan fingerprint density at radius 3 is 2.85 bits per heavy atom. The van der Waals surface area contributed by atoms with Crippen molar-refractivity contribution < 1.29 is 0 Å². The molecule has 1 N–H and O–H groups in total. The molecule has 3 nitrogen and oxygen atoms in total. The fourth-order valence-electron chi connectivity index (χ4n) is 1.20. The number of aryl methyl sites for hydroxylation is 1.